The van der Waals surface area contributed by atoms with Crippen LogP contribution in [0.15, 0.2) is 9.00 Å². The first-order valence-electron chi connectivity index (χ1n) is 8.23. The average molecular weight is 441 g/mol. The van der Waals surface area contributed by atoms with Gasteiger partial charge in [0.05, 0.1) is 26.3 Å². The lowest BCUT2D eigenvalue weighted by molar-refractivity contribution is -0.115. The van der Waals surface area contributed by atoms with Crippen LogP contribution in [0.1, 0.15) is 28.9 Å². The molecule has 6 nitrogen and oxygen atoms in total. The number of thiophene rings is 1. The molecule has 0 fully saturated rings. The first-order valence-corrected chi connectivity index (χ1v) is 12.1. The Hall–Kier alpha value is -1.36. The van der Waals surface area contributed by atoms with E-state index in [9.17, 15) is 9.59 Å². The van der Waals surface area contributed by atoms with E-state index in [4.69, 9.17) is 0 Å². The van der Waals surface area contributed by atoms with Crippen molar-refractivity contribution in [3.63, 3.8) is 0 Å². The Bertz CT molecular complexity index is 1050. The molecule has 3 rings (SSSR count). The fourth-order valence-corrected chi connectivity index (χ4v) is 5.90. The number of H-pyrrole nitrogens is 1. The van der Waals surface area contributed by atoms with Crippen molar-refractivity contribution >= 4 is 67.5 Å². The van der Waals surface area contributed by atoms with Gasteiger partial charge in [-0.15, -0.1) is 34.9 Å². The molecule has 0 aliphatic carbocycles. The van der Waals surface area contributed by atoms with Gasteiger partial charge in [-0.25, -0.2) is 9.97 Å². The number of aromatic nitrogens is 3. The summed E-state index contributed by atoms with van der Waals surface area (Å²) in [4.78, 5) is 38.4. The number of carbonyl (C=O) groups excluding carboxylic acids is 1. The Kier molecular flexibility index (Phi) is 6.29. The van der Waals surface area contributed by atoms with Crippen LogP contribution in [0.4, 0.5) is 5.13 Å². The predicted octanol–water partition coefficient (Wildman–Crippen LogP) is 4.35. The number of aryl methyl sites for hydroxylation is 3. The third kappa shape index (κ3) is 4.39. The molecule has 1 amide bonds. The van der Waals surface area contributed by atoms with Crippen molar-refractivity contribution in [3.8, 4) is 0 Å². The van der Waals surface area contributed by atoms with Gasteiger partial charge in [-0.1, -0.05) is 11.3 Å². The quantitative estimate of drug-likeness (QED) is 0.554. The average Bonchev–Trinajstić information content (AvgIpc) is 3.11. The van der Waals surface area contributed by atoms with Crippen molar-refractivity contribution in [2.24, 2.45) is 0 Å². The second-order valence-electron chi connectivity index (χ2n) is 6.01. The summed E-state index contributed by atoms with van der Waals surface area (Å²) in [7, 11) is 0. The van der Waals surface area contributed by atoms with Crippen LogP contribution in [0.25, 0.3) is 10.2 Å². The van der Waals surface area contributed by atoms with Crippen molar-refractivity contribution in [1.29, 1.82) is 0 Å². The molecule has 0 radical (unpaired) electrons. The number of amides is 1. The zero-order valence-corrected chi connectivity index (χ0v) is 18.9. The summed E-state index contributed by atoms with van der Waals surface area (Å²) >= 11 is 6.06. The van der Waals surface area contributed by atoms with E-state index in [2.05, 4.69) is 20.3 Å². The van der Waals surface area contributed by atoms with E-state index in [1.54, 1.807) is 11.8 Å². The van der Waals surface area contributed by atoms with Gasteiger partial charge in [0.2, 0.25) is 5.91 Å². The molecule has 27 heavy (non-hydrogen) atoms. The van der Waals surface area contributed by atoms with Crippen molar-refractivity contribution < 1.29 is 4.79 Å². The van der Waals surface area contributed by atoms with Crippen LogP contribution in [0, 0.1) is 20.8 Å². The van der Waals surface area contributed by atoms with Crippen LogP contribution in [0.2, 0.25) is 0 Å². The normalized spacial score (nSPS) is 12.5. The third-order valence-corrected chi connectivity index (χ3v) is 8.64. The lowest BCUT2D eigenvalue weighted by Crippen LogP contribution is -2.23. The molecule has 144 valence electrons. The molecule has 3 heterocycles. The molecule has 2 N–H and O–H groups in total. The van der Waals surface area contributed by atoms with E-state index in [1.807, 2.05) is 34.0 Å². The summed E-state index contributed by atoms with van der Waals surface area (Å²) in [5, 5.41) is 3.86. The molecule has 0 spiro atoms. The van der Waals surface area contributed by atoms with E-state index >= 15 is 0 Å². The highest BCUT2D eigenvalue weighted by Crippen LogP contribution is 2.31. The molecule has 3 aromatic rings. The Morgan fingerprint density at radius 2 is 2.00 bits per heavy atom. The second-order valence-corrected chi connectivity index (χ2v) is 10.6. The number of hydrogen-bond donors (Lipinski definition) is 2. The van der Waals surface area contributed by atoms with Gasteiger partial charge in [0.15, 0.2) is 5.13 Å². The molecule has 3 aromatic heterocycles. The number of nitrogens with one attached hydrogen (secondary N) is 2. The first-order chi connectivity index (χ1) is 12.8. The van der Waals surface area contributed by atoms with Crippen molar-refractivity contribution in [1.82, 2.24) is 15.0 Å². The monoisotopic (exact) mass is 440 g/mol. The lowest BCUT2D eigenvalue weighted by Gasteiger charge is -2.10. The zero-order chi connectivity index (χ0) is 19.7. The minimum atomic E-state index is -0.292. The van der Waals surface area contributed by atoms with E-state index in [1.165, 1.54) is 34.4 Å². The molecule has 0 aromatic carbocycles. The number of nitrogens with zero attached hydrogens (tertiary/aromatic N) is 2. The Balaban J connectivity index is 1.66. The lowest BCUT2D eigenvalue weighted by atomic mass is 10.2. The summed E-state index contributed by atoms with van der Waals surface area (Å²) in [5.74, 6) is 0.948. The van der Waals surface area contributed by atoms with Crippen molar-refractivity contribution in [3.05, 3.63) is 32.3 Å². The number of fused-ring (bicyclic) bond motifs is 1. The molecule has 10 heteroatoms. The topological polar surface area (TPSA) is 87.7 Å². The number of rotatable bonds is 6. The largest absolute Gasteiger partial charge is 0.309 e. The summed E-state index contributed by atoms with van der Waals surface area (Å²) < 4.78 is 1.10. The van der Waals surface area contributed by atoms with Gasteiger partial charge in [0.25, 0.3) is 5.56 Å². The number of thioether (sulfide) groups is 2. The van der Waals surface area contributed by atoms with Crippen LogP contribution >= 0.6 is 46.2 Å². The minimum absolute atomic E-state index is 0.104. The highest BCUT2D eigenvalue weighted by atomic mass is 32.2. The Morgan fingerprint density at radius 3 is 2.67 bits per heavy atom. The van der Waals surface area contributed by atoms with E-state index in [-0.39, 0.29) is 16.7 Å². The van der Waals surface area contributed by atoms with Gasteiger partial charge < -0.3 is 10.3 Å². The van der Waals surface area contributed by atoms with Gasteiger partial charge in [-0.3, -0.25) is 9.59 Å². The van der Waals surface area contributed by atoms with Gasteiger partial charge in [-0.05, 0) is 39.5 Å². The fraction of sp³-hybridized carbons (Fsp3) is 0.412. The maximum absolute atomic E-state index is 12.4. The molecule has 0 bridgehead atoms. The molecular weight excluding hydrogens is 420 g/mol. The Morgan fingerprint density at radius 1 is 1.26 bits per heavy atom. The van der Waals surface area contributed by atoms with Gasteiger partial charge >= 0.3 is 0 Å². The van der Waals surface area contributed by atoms with Crippen molar-refractivity contribution in [2.45, 2.75) is 42.9 Å². The maximum Gasteiger partial charge on any atom is 0.259 e. The number of thiazole rings is 1. The number of hydrogen-bond acceptors (Lipinski definition) is 8. The molecular formula is C17H20N4O2S4. The van der Waals surface area contributed by atoms with Crippen LogP contribution in [0.5, 0.6) is 0 Å². The molecule has 1 atom stereocenters. The highest BCUT2D eigenvalue weighted by molar-refractivity contribution is 8.00. The summed E-state index contributed by atoms with van der Waals surface area (Å²) in [6, 6.07) is 0. The van der Waals surface area contributed by atoms with E-state index in [0.717, 1.165) is 25.2 Å². The van der Waals surface area contributed by atoms with Crippen LogP contribution in [-0.4, -0.2) is 32.4 Å². The molecule has 0 aliphatic rings. The Labute approximate surface area is 173 Å². The van der Waals surface area contributed by atoms with Gasteiger partial charge in [0.1, 0.15) is 10.7 Å². The number of anilines is 1. The van der Waals surface area contributed by atoms with Crippen LogP contribution in [-0.2, 0) is 10.5 Å². The number of carbonyl (C=O) groups is 1. The van der Waals surface area contributed by atoms with E-state index in [0.29, 0.717) is 22.1 Å². The predicted molar refractivity (Wildman–Crippen MR) is 118 cm³/mol. The van der Waals surface area contributed by atoms with E-state index < -0.39 is 0 Å². The summed E-state index contributed by atoms with van der Waals surface area (Å²) in [5.41, 5.74) is 1.80. The molecule has 0 aliphatic heterocycles. The van der Waals surface area contributed by atoms with Crippen LogP contribution < -0.4 is 10.9 Å². The highest BCUT2D eigenvalue weighted by Gasteiger charge is 2.18. The SMILES string of the molecule is CSc1sc(NC(=O)C(C)SCc2nc3sc(C)c(C)c3c(=O)[nH]2)nc1C. The zero-order valence-electron chi connectivity index (χ0n) is 15.6. The van der Waals surface area contributed by atoms with Crippen LogP contribution in [0.3, 0.4) is 0 Å². The maximum atomic E-state index is 12.4. The standard InChI is InChI=1S/C17H20N4O2S4/c1-7-9(3)26-15-12(7)14(23)19-11(20-15)6-25-10(4)13(22)21-17-18-8(2)16(24-5)27-17/h10H,6H2,1-5H3,(H,18,21,22)(H,19,20,23). The molecule has 0 saturated heterocycles. The minimum Gasteiger partial charge on any atom is -0.309 e. The molecule has 0 saturated carbocycles. The summed E-state index contributed by atoms with van der Waals surface area (Å²) in [6.45, 7) is 7.70. The second kappa shape index (κ2) is 8.34. The number of aromatic amines is 1. The first kappa shape index (κ1) is 20.4. The van der Waals surface area contributed by atoms with Gasteiger partial charge in [-0.2, -0.15) is 0 Å². The van der Waals surface area contributed by atoms with Crippen molar-refractivity contribution in [2.75, 3.05) is 11.6 Å². The third-order valence-electron chi connectivity index (χ3n) is 4.10. The van der Waals surface area contributed by atoms with Gasteiger partial charge in [0, 0.05) is 4.88 Å². The fourth-order valence-electron chi connectivity index (χ4n) is 2.48. The molecule has 1 unspecified atom stereocenters. The smallest absolute Gasteiger partial charge is 0.259 e. The summed E-state index contributed by atoms with van der Waals surface area (Å²) in [6.07, 6.45) is 1.99.